The molecule has 1 amide bonds. The molecular weight excluding hydrogens is 583 g/mol. The number of methoxy groups -OCH3 is 1. The normalized spacial score (nSPS) is 14.0. The number of aromatic nitrogens is 2. The van der Waals surface area contributed by atoms with E-state index in [0.717, 1.165) is 23.0 Å². The second-order valence-corrected chi connectivity index (χ2v) is 10.5. The molecule has 2 heterocycles. The van der Waals surface area contributed by atoms with Gasteiger partial charge in [-0.05, 0) is 73.7 Å². The van der Waals surface area contributed by atoms with E-state index in [-0.39, 0.29) is 24.0 Å². The molecule has 1 aromatic heterocycles. The van der Waals surface area contributed by atoms with Gasteiger partial charge in [-0.1, -0.05) is 47.1 Å². The highest BCUT2D eigenvalue weighted by Gasteiger charge is 2.33. The number of anilines is 1. The summed E-state index contributed by atoms with van der Waals surface area (Å²) in [5, 5.41) is 6.19. The first-order valence-corrected chi connectivity index (χ1v) is 14.3. The Labute approximate surface area is 251 Å². The molecule has 4 aromatic rings. The minimum absolute atomic E-state index is 0.00586. The van der Waals surface area contributed by atoms with Crippen LogP contribution in [0.25, 0.3) is 23.0 Å². The second kappa shape index (κ2) is 12.6. The predicted molar refractivity (Wildman–Crippen MR) is 164 cm³/mol. The third-order valence-electron chi connectivity index (χ3n) is 5.99. The van der Waals surface area contributed by atoms with Crippen LogP contribution < -0.4 is 9.64 Å². The molecule has 3 aromatic carbocycles. The number of amides is 1. The first-order valence-electron chi connectivity index (χ1n) is 12.5. The standard InChI is InChI=1S/C30H24Cl2N4O4S/c1-3-40-27(37)18-41-30-33-26(29(38)36(30)24-9-5-7-22(32)16-24)14-20-17-35(23-8-4-6-21(31)15-23)34-28(20)19-10-12-25(39-2)13-11-19/h4-17H,3,18H2,1-2H3/b26-14-. The van der Waals surface area contributed by atoms with E-state index in [9.17, 15) is 9.59 Å². The molecule has 0 fully saturated rings. The number of halogens is 2. The summed E-state index contributed by atoms with van der Waals surface area (Å²) in [5.74, 6) is -0.0665. The number of benzene rings is 3. The second-order valence-electron chi connectivity index (χ2n) is 8.72. The summed E-state index contributed by atoms with van der Waals surface area (Å²) in [6, 6.07) is 21.7. The van der Waals surface area contributed by atoms with Crippen molar-refractivity contribution in [3.05, 3.63) is 100 Å². The van der Waals surface area contributed by atoms with Crippen molar-refractivity contribution in [3.8, 4) is 22.7 Å². The third kappa shape index (κ3) is 6.48. The van der Waals surface area contributed by atoms with Gasteiger partial charge in [0, 0.05) is 27.4 Å². The van der Waals surface area contributed by atoms with Crippen LogP contribution in [0.5, 0.6) is 5.75 Å². The Balaban J connectivity index is 1.59. The Morgan fingerprint density at radius 3 is 2.34 bits per heavy atom. The van der Waals surface area contributed by atoms with Gasteiger partial charge < -0.3 is 9.47 Å². The number of hydrogen-bond acceptors (Lipinski definition) is 7. The number of ether oxygens (including phenoxy) is 2. The van der Waals surface area contributed by atoms with Crippen LogP contribution in [0.15, 0.2) is 89.7 Å². The van der Waals surface area contributed by atoms with E-state index in [0.29, 0.717) is 37.9 Å². The number of hydrogen-bond donors (Lipinski definition) is 0. The summed E-state index contributed by atoms with van der Waals surface area (Å²) in [7, 11) is 1.60. The van der Waals surface area contributed by atoms with Gasteiger partial charge in [-0.25, -0.2) is 9.67 Å². The van der Waals surface area contributed by atoms with Gasteiger partial charge in [0.2, 0.25) is 0 Å². The molecule has 8 nitrogen and oxygen atoms in total. The van der Waals surface area contributed by atoms with Crippen LogP contribution in [0, 0.1) is 0 Å². The van der Waals surface area contributed by atoms with Crippen molar-refractivity contribution in [2.75, 3.05) is 24.4 Å². The highest BCUT2D eigenvalue weighted by Crippen LogP contribution is 2.33. The molecule has 0 spiro atoms. The van der Waals surface area contributed by atoms with E-state index < -0.39 is 5.97 Å². The maximum absolute atomic E-state index is 13.8. The lowest BCUT2D eigenvalue weighted by molar-refractivity contribution is -0.139. The van der Waals surface area contributed by atoms with Gasteiger partial charge in [0.15, 0.2) is 5.17 Å². The molecule has 0 saturated carbocycles. The minimum atomic E-state index is -0.402. The summed E-state index contributed by atoms with van der Waals surface area (Å²) in [5.41, 5.74) is 3.57. The fraction of sp³-hybridized carbons (Fsp3) is 0.133. The maximum atomic E-state index is 13.8. The SMILES string of the molecule is CCOC(=O)CSC1=N/C(=C\c2cn(-c3cccc(Cl)c3)nc2-c2ccc(OC)cc2)C(=O)N1c1cccc(Cl)c1. The summed E-state index contributed by atoms with van der Waals surface area (Å²) in [6.07, 6.45) is 3.50. The fourth-order valence-corrected chi connectivity index (χ4v) is 5.31. The van der Waals surface area contributed by atoms with Crippen molar-refractivity contribution in [3.63, 3.8) is 0 Å². The largest absolute Gasteiger partial charge is 0.497 e. The Bertz CT molecular complexity index is 1670. The quantitative estimate of drug-likeness (QED) is 0.160. The zero-order chi connectivity index (χ0) is 28.9. The van der Waals surface area contributed by atoms with E-state index in [1.807, 2.05) is 42.6 Å². The van der Waals surface area contributed by atoms with E-state index in [1.165, 1.54) is 4.90 Å². The zero-order valence-electron chi connectivity index (χ0n) is 22.1. The van der Waals surface area contributed by atoms with Crippen LogP contribution in [0.3, 0.4) is 0 Å². The monoisotopic (exact) mass is 606 g/mol. The van der Waals surface area contributed by atoms with Crippen LogP contribution in [0.1, 0.15) is 12.5 Å². The lowest BCUT2D eigenvalue weighted by atomic mass is 10.1. The van der Waals surface area contributed by atoms with Crippen molar-refractivity contribution in [1.82, 2.24) is 9.78 Å². The lowest BCUT2D eigenvalue weighted by Crippen LogP contribution is -2.31. The molecule has 41 heavy (non-hydrogen) atoms. The molecule has 0 N–H and O–H groups in total. The molecule has 5 rings (SSSR count). The molecule has 0 unspecified atom stereocenters. The van der Waals surface area contributed by atoms with Crippen molar-refractivity contribution in [2.24, 2.45) is 4.99 Å². The highest BCUT2D eigenvalue weighted by molar-refractivity contribution is 8.14. The smallest absolute Gasteiger partial charge is 0.316 e. The van der Waals surface area contributed by atoms with Crippen LogP contribution in [-0.4, -0.2) is 46.3 Å². The zero-order valence-corrected chi connectivity index (χ0v) is 24.4. The van der Waals surface area contributed by atoms with E-state index in [4.69, 9.17) is 37.8 Å². The molecule has 0 atom stereocenters. The number of esters is 1. The summed E-state index contributed by atoms with van der Waals surface area (Å²) in [4.78, 5) is 31.9. The molecule has 1 aliphatic rings. The van der Waals surface area contributed by atoms with Gasteiger partial charge in [-0.15, -0.1) is 0 Å². The number of aliphatic imine (C=N–C) groups is 1. The maximum Gasteiger partial charge on any atom is 0.316 e. The Kier molecular flexibility index (Phi) is 8.78. The van der Waals surface area contributed by atoms with Gasteiger partial charge in [0.25, 0.3) is 5.91 Å². The Morgan fingerprint density at radius 2 is 1.68 bits per heavy atom. The van der Waals surface area contributed by atoms with Crippen molar-refractivity contribution in [1.29, 1.82) is 0 Å². The van der Waals surface area contributed by atoms with Crippen molar-refractivity contribution in [2.45, 2.75) is 6.92 Å². The predicted octanol–water partition coefficient (Wildman–Crippen LogP) is 6.89. The number of rotatable bonds is 8. The fourth-order valence-electron chi connectivity index (χ4n) is 4.13. The van der Waals surface area contributed by atoms with Crippen LogP contribution in [0.4, 0.5) is 5.69 Å². The molecule has 0 bridgehead atoms. The van der Waals surface area contributed by atoms with Gasteiger partial charge in [0.05, 0.1) is 30.8 Å². The third-order valence-corrected chi connectivity index (χ3v) is 7.37. The molecule has 11 heteroatoms. The van der Waals surface area contributed by atoms with Crippen LogP contribution in [0.2, 0.25) is 10.0 Å². The van der Waals surface area contributed by atoms with Gasteiger partial charge in [0.1, 0.15) is 17.1 Å². The molecule has 208 valence electrons. The number of thioether (sulfide) groups is 1. The first-order chi connectivity index (χ1) is 19.9. The van der Waals surface area contributed by atoms with Gasteiger partial charge in [-0.3, -0.25) is 14.5 Å². The van der Waals surface area contributed by atoms with Crippen molar-refractivity contribution >= 4 is 63.8 Å². The van der Waals surface area contributed by atoms with E-state index in [1.54, 1.807) is 61.2 Å². The Morgan fingerprint density at radius 1 is 1.00 bits per heavy atom. The lowest BCUT2D eigenvalue weighted by Gasteiger charge is -2.17. The summed E-state index contributed by atoms with van der Waals surface area (Å²) < 4.78 is 12.1. The number of carbonyl (C=O) groups is 2. The molecular formula is C30H24Cl2N4O4S. The molecule has 0 saturated heterocycles. The topological polar surface area (TPSA) is 86.0 Å². The average Bonchev–Trinajstić information content (AvgIpc) is 3.53. The number of amidine groups is 1. The molecule has 0 aliphatic carbocycles. The first kappa shape index (κ1) is 28.5. The van der Waals surface area contributed by atoms with E-state index >= 15 is 0 Å². The number of carbonyl (C=O) groups excluding carboxylic acids is 2. The van der Waals surface area contributed by atoms with E-state index in [2.05, 4.69) is 4.99 Å². The molecule has 1 aliphatic heterocycles. The summed E-state index contributed by atoms with van der Waals surface area (Å²) in [6.45, 7) is 2.00. The minimum Gasteiger partial charge on any atom is -0.497 e. The highest BCUT2D eigenvalue weighted by atomic mass is 35.5. The average molecular weight is 608 g/mol. The van der Waals surface area contributed by atoms with Crippen LogP contribution in [-0.2, 0) is 14.3 Å². The van der Waals surface area contributed by atoms with Gasteiger partial charge in [-0.2, -0.15) is 5.10 Å². The molecule has 0 radical (unpaired) electrons. The Hall–Kier alpha value is -4.05. The van der Waals surface area contributed by atoms with Crippen LogP contribution >= 0.6 is 35.0 Å². The number of nitrogens with zero attached hydrogens (tertiary/aromatic N) is 4. The van der Waals surface area contributed by atoms with Gasteiger partial charge >= 0.3 is 5.97 Å². The summed E-state index contributed by atoms with van der Waals surface area (Å²) >= 11 is 13.6. The van der Waals surface area contributed by atoms with Crippen molar-refractivity contribution < 1.29 is 19.1 Å².